The van der Waals surface area contributed by atoms with Gasteiger partial charge in [-0.25, -0.2) is 0 Å². The molecule has 6 heteroatoms. The van der Waals surface area contributed by atoms with E-state index in [9.17, 15) is 9.59 Å². The summed E-state index contributed by atoms with van der Waals surface area (Å²) in [7, 11) is 0. The van der Waals surface area contributed by atoms with Crippen LogP contribution >= 0.6 is 11.3 Å². The maximum Gasteiger partial charge on any atom is 0.260 e. The largest absolute Gasteiger partial charge is 0.457 e. The molecule has 0 bridgehead atoms. The number of fused-ring (bicyclic) bond motifs is 1. The third kappa shape index (κ3) is 4.03. The number of aryl methyl sites for hydroxylation is 1. The molecule has 148 valence electrons. The summed E-state index contributed by atoms with van der Waals surface area (Å²) in [5, 5.41) is 3.43. The fourth-order valence-electron chi connectivity index (χ4n) is 3.64. The zero-order chi connectivity index (χ0) is 20.4. The van der Waals surface area contributed by atoms with E-state index in [1.807, 2.05) is 36.4 Å². The molecule has 1 aliphatic carbocycles. The van der Waals surface area contributed by atoms with Crippen molar-refractivity contribution >= 4 is 28.2 Å². The Balaban J connectivity index is 1.63. The van der Waals surface area contributed by atoms with E-state index in [1.165, 1.54) is 11.3 Å². The van der Waals surface area contributed by atoms with E-state index in [0.717, 1.165) is 29.7 Å². The Morgan fingerprint density at radius 1 is 1.10 bits per heavy atom. The average Bonchev–Trinajstić information content (AvgIpc) is 3.06. The number of carbonyl (C=O) groups is 2. The van der Waals surface area contributed by atoms with Gasteiger partial charge in [-0.2, -0.15) is 0 Å². The van der Waals surface area contributed by atoms with E-state index in [0.29, 0.717) is 33.5 Å². The van der Waals surface area contributed by atoms with Crippen LogP contribution in [-0.4, -0.2) is 11.8 Å². The monoisotopic (exact) mass is 406 g/mol. The summed E-state index contributed by atoms with van der Waals surface area (Å²) >= 11 is 1.45. The summed E-state index contributed by atoms with van der Waals surface area (Å²) in [5.41, 5.74) is 7.50. The van der Waals surface area contributed by atoms with Gasteiger partial charge < -0.3 is 15.8 Å². The molecular weight excluding hydrogens is 384 g/mol. The second-order valence-corrected chi connectivity index (χ2v) is 8.39. The molecule has 0 aliphatic heterocycles. The molecule has 0 radical (unpaired) electrons. The Morgan fingerprint density at radius 3 is 2.59 bits per heavy atom. The van der Waals surface area contributed by atoms with Gasteiger partial charge in [0.1, 0.15) is 16.5 Å². The van der Waals surface area contributed by atoms with Gasteiger partial charge >= 0.3 is 0 Å². The lowest BCUT2D eigenvalue weighted by Crippen LogP contribution is -2.20. The van der Waals surface area contributed by atoms with Crippen molar-refractivity contribution in [3.63, 3.8) is 0 Å². The fraction of sp³-hybridized carbons (Fsp3) is 0.217. The number of hydrogen-bond donors (Lipinski definition) is 2. The number of anilines is 1. The Labute approximate surface area is 173 Å². The minimum absolute atomic E-state index is 0.328. The third-order valence-electron chi connectivity index (χ3n) is 5.08. The van der Waals surface area contributed by atoms with Gasteiger partial charge in [-0.3, -0.25) is 9.59 Å². The van der Waals surface area contributed by atoms with Crippen LogP contribution in [-0.2, 0) is 12.8 Å². The number of ether oxygens (including phenoxy) is 1. The maximum absolute atomic E-state index is 13.0. The summed E-state index contributed by atoms with van der Waals surface area (Å²) in [6, 6.07) is 16.3. The normalized spacial score (nSPS) is 15.4. The third-order valence-corrected chi connectivity index (χ3v) is 6.29. The van der Waals surface area contributed by atoms with E-state index in [1.54, 1.807) is 18.2 Å². The number of nitrogens with two attached hydrogens (primary N) is 1. The zero-order valence-electron chi connectivity index (χ0n) is 16.1. The van der Waals surface area contributed by atoms with Crippen LogP contribution in [0.25, 0.3) is 0 Å². The van der Waals surface area contributed by atoms with Crippen molar-refractivity contribution in [1.29, 1.82) is 0 Å². The zero-order valence-corrected chi connectivity index (χ0v) is 16.9. The number of para-hydroxylation sites is 2. The van der Waals surface area contributed by atoms with Crippen molar-refractivity contribution in [1.82, 2.24) is 0 Å². The molecule has 2 aromatic carbocycles. The van der Waals surface area contributed by atoms with Crippen molar-refractivity contribution in [2.24, 2.45) is 11.7 Å². The van der Waals surface area contributed by atoms with Crippen LogP contribution in [0.15, 0.2) is 54.6 Å². The number of thiophene rings is 1. The molecule has 4 rings (SSSR count). The number of amides is 2. The van der Waals surface area contributed by atoms with Crippen molar-refractivity contribution < 1.29 is 14.3 Å². The van der Waals surface area contributed by atoms with Gasteiger partial charge in [0.2, 0.25) is 0 Å². The Hall–Kier alpha value is -3.12. The molecule has 3 N–H and O–H groups in total. The molecule has 1 aliphatic rings. The molecule has 1 aromatic heterocycles. The second kappa shape index (κ2) is 8.09. The first-order valence-electron chi connectivity index (χ1n) is 9.60. The molecule has 0 saturated heterocycles. The van der Waals surface area contributed by atoms with Gasteiger partial charge in [-0.05, 0) is 55.0 Å². The molecule has 1 unspecified atom stereocenters. The number of carbonyl (C=O) groups excluding carboxylic acids is 2. The molecule has 0 fully saturated rings. The van der Waals surface area contributed by atoms with E-state index in [2.05, 4.69) is 12.2 Å². The summed E-state index contributed by atoms with van der Waals surface area (Å²) < 4.78 is 5.89. The van der Waals surface area contributed by atoms with Crippen LogP contribution in [0.3, 0.4) is 0 Å². The predicted molar refractivity (Wildman–Crippen MR) is 115 cm³/mol. The molecule has 0 spiro atoms. The van der Waals surface area contributed by atoms with E-state index in [4.69, 9.17) is 10.5 Å². The fourth-order valence-corrected chi connectivity index (χ4v) is 4.88. The SMILES string of the molecule is CC1CCc2sc(NC(=O)c3ccccc3Oc3ccccc3)c(C(N)=O)c2C1. The van der Waals surface area contributed by atoms with Crippen LogP contribution < -0.4 is 15.8 Å². The van der Waals surface area contributed by atoms with Crippen LogP contribution in [0, 0.1) is 5.92 Å². The van der Waals surface area contributed by atoms with E-state index in [-0.39, 0.29) is 5.91 Å². The summed E-state index contributed by atoms with van der Waals surface area (Å²) in [6.07, 6.45) is 2.80. The van der Waals surface area contributed by atoms with Crippen LogP contribution in [0.5, 0.6) is 11.5 Å². The lowest BCUT2D eigenvalue weighted by molar-refractivity contribution is 0.1000. The maximum atomic E-state index is 13.0. The summed E-state index contributed by atoms with van der Waals surface area (Å²) in [4.78, 5) is 26.3. The first kappa shape index (κ1) is 19.2. The number of primary amides is 1. The van der Waals surface area contributed by atoms with E-state index >= 15 is 0 Å². The highest BCUT2D eigenvalue weighted by molar-refractivity contribution is 7.17. The first-order chi connectivity index (χ1) is 14.0. The standard InChI is InChI=1S/C23H22N2O3S/c1-14-11-12-19-17(13-14)20(21(24)26)23(29-19)25-22(27)16-9-5-6-10-18(16)28-15-7-3-2-4-8-15/h2-10,14H,11-13H2,1H3,(H2,24,26)(H,25,27). The highest BCUT2D eigenvalue weighted by Crippen LogP contribution is 2.40. The van der Waals surface area contributed by atoms with Crippen molar-refractivity contribution in [3.8, 4) is 11.5 Å². The number of nitrogens with one attached hydrogen (secondary N) is 1. The van der Waals surface area contributed by atoms with Crippen LogP contribution in [0.1, 0.15) is 44.5 Å². The molecule has 1 heterocycles. The highest BCUT2D eigenvalue weighted by Gasteiger charge is 2.28. The van der Waals surface area contributed by atoms with Crippen LogP contribution in [0.2, 0.25) is 0 Å². The minimum atomic E-state index is -0.499. The van der Waals surface area contributed by atoms with Gasteiger partial charge in [0, 0.05) is 4.88 Å². The smallest absolute Gasteiger partial charge is 0.260 e. The highest BCUT2D eigenvalue weighted by atomic mass is 32.1. The molecule has 5 nitrogen and oxygen atoms in total. The molecular formula is C23H22N2O3S. The first-order valence-corrected chi connectivity index (χ1v) is 10.4. The average molecular weight is 407 g/mol. The Bertz CT molecular complexity index is 1060. The Morgan fingerprint density at radius 2 is 1.83 bits per heavy atom. The van der Waals surface area contributed by atoms with Gasteiger partial charge in [0.25, 0.3) is 11.8 Å². The summed E-state index contributed by atoms with van der Waals surface area (Å²) in [5.74, 6) is 0.767. The molecule has 3 aromatic rings. The number of hydrogen-bond acceptors (Lipinski definition) is 4. The summed E-state index contributed by atoms with van der Waals surface area (Å²) in [6.45, 7) is 2.17. The van der Waals surface area contributed by atoms with Crippen molar-refractivity contribution in [2.45, 2.75) is 26.2 Å². The minimum Gasteiger partial charge on any atom is -0.457 e. The van der Waals surface area contributed by atoms with Gasteiger partial charge in [-0.15, -0.1) is 11.3 Å². The molecule has 0 saturated carbocycles. The van der Waals surface area contributed by atoms with Gasteiger partial charge in [0.05, 0.1) is 11.1 Å². The van der Waals surface area contributed by atoms with Gasteiger partial charge in [0.15, 0.2) is 0 Å². The molecule has 29 heavy (non-hydrogen) atoms. The lowest BCUT2D eigenvalue weighted by atomic mass is 9.87. The molecule has 2 amide bonds. The molecule has 1 atom stereocenters. The van der Waals surface area contributed by atoms with Crippen molar-refractivity contribution in [2.75, 3.05) is 5.32 Å². The van der Waals surface area contributed by atoms with Crippen molar-refractivity contribution in [3.05, 3.63) is 76.2 Å². The number of rotatable bonds is 5. The van der Waals surface area contributed by atoms with Gasteiger partial charge in [-0.1, -0.05) is 37.3 Å². The number of benzene rings is 2. The lowest BCUT2D eigenvalue weighted by Gasteiger charge is -2.18. The van der Waals surface area contributed by atoms with Crippen LogP contribution in [0.4, 0.5) is 5.00 Å². The predicted octanol–water partition coefficient (Wildman–Crippen LogP) is 5.02. The Kier molecular flexibility index (Phi) is 5.36. The quantitative estimate of drug-likeness (QED) is 0.624. The topological polar surface area (TPSA) is 81.4 Å². The van der Waals surface area contributed by atoms with E-state index < -0.39 is 5.91 Å². The second-order valence-electron chi connectivity index (χ2n) is 7.29.